The van der Waals surface area contributed by atoms with Crippen LogP contribution in [0.1, 0.15) is 132 Å². The number of carbonyl (C=O) groups is 1. The van der Waals surface area contributed by atoms with Crippen molar-refractivity contribution in [1.82, 2.24) is 0 Å². The Labute approximate surface area is 250 Å². The van der Waals surface area contributed by atoms with Gasteiger partial charge in [0.15, 0.2) is 0 Å². The number of ether oxygens (including phenoxy) is 3. The molecule has 0 spiro atoms. The van der Waals surface area contributed by atoms with Crippen LogP contribution in [0.5, 0.6) is 17.2 Å². The second kappa shape index (κ2) is 15.7. The monoisotopic (exact) mass is 564 g/mol. The van der Waals surface area contributed by atoms with E-state index in [0.717, 1.165) is 59.6 Å². The number of hydrogen-bond acceptors (Lipinski definition) is 4. The highest BCUT2D eigenvalue weighted by Gasteiger charge is 2.33. The van der Waals surface area contributed by atoms with E-state index in [1.165, 1.54) is 70.5 Å². The van der Waals surface area contributed by atoms with Crippen molar-refractivity contribution in [2.75, 3.05) is 7.11 Å². The molecule has 4 heteroatoms. The Kier molecular flexibility index (Phi) is 12.6. The molecule has 0 saturated carbocycles. The quantitative estimate of drug-likeness (QED) is 0.190. The smallest absolute Gasteiger partial charge is 0.337 e. The Morgan fingerprint density at radius 1 is 0.951 bits per heavy atom. The number of hydrogen-bond donors (Lipinski definition) is 0. The molecule has 4 unspecified atom stereocenters. The molecule has 4 nitrogen and oxygen atoms in total. The Balaban J connectivity index is 1.48. The molecule has 41 heavy (non-hydrogen) atoms. The SMILES string of the molecule is CCC(C)CCCC(C)CCCC(C)CCCC1(C)CCc2c(cc(C)c(Oc3cccc(C(=O)OC)c3)c2C)O1. The summed E-state index contributed by atoms with van der Waals surface area (Å²) in [5, 5.41) is 0. The second-order valence-corrected chi connectivity index (χ2v) is 13.3. The molecule has 4 atom stereocenters. The predicted molar refractivity (Wildman–Crippen MR) is 170 cm³/mol. The maximum atomic E-state index is 12.0. The first kappa shape index (κ1) is 33.0. The van der Waals surface area contributed by atoms with Crippen molar-refractivity contribution >= 4 is 5.97 Å². The number of methoxy groups -OCH3 is 1. The molecule has 0 bridgehead atoms. The van der Waals surface area contributed by atoms with Crippen molar-refractivity contribution in [3.63, 3.8) is 0 Å². The van der Waals surface area contributed by atoms with Crippen LogP contribution in [0.25, 0.3) is 0 Å². The summed E-state index contributed by atoms with van der Waals surface area (Å²) in [6.07, 6.45) is 15.2. The molecular weight excluding hydrogens is 508 g/mol. The molecule has 1 aliphatic heterocycles. The first-order valence-electron chi connectivity index (χ1n) is 16.2. The van der Waals surface area contributed by atoms with Crippen LogP contribution in [0.15, 0.2) is 30.3 Å². The van der Waals surface area contributed by atoms with E-state index >= 15 is 0 Å². The lowest BCUT2D eigenvalue weighted by Crippen LogP contribution is -2.36. The van der Waals surface area contributed by atoms with Gasteiger partial charge in [-0.3, -0.25) is 0 Å². The highest BCUT2D eigenvalue weighted by atomic mass is 16.5. The fraction of sp³-hybridized carbons (Fsp3) is 0.649. The van der Waals surface area contributed by atoms with Crippen LogP contribution < -0.4 is 9.47 Å². The number of aryl methyl sites for hydroxylation is 1. The van der Waals surface area contributed by atoms with Gasteiger partial charge in [-0.2, -0.15) is 0 Å². The van der Waals surface area contributed by atoms with E-state index in [1.54, 1.807) is 12.1 Å². The number of esters is 1. The molecule has 0 fully saturated rings. The van der Waals surface area contributed by atoms with Gasteiger partial charge in [0.1, 0.15) is 22.8 Å². The Morgan fingerprint density at radius 3 is 2.22 bits per heavy atom. The molecule has 2 aromatic rings. The van der Waals surface area contributed by atoms with Gasteiger partial charge in [0.2, 0.25) is 0 Å². The van der Waals surface area contributed by atoms with Crippen LogP contribution in [0, 0.1) is 31.6 Å². The van der Waals surface area contributed by atoms with Crippen LogP contribution in [0.3, 0.4) is 0 Å². The van der Waals surface area contributed by atoms with Crippen LogP contribution in [-0.2, 0) is 11.2 Å². The van der Waals surface area contributed by atoms with E-state index in [4.69, 9.17) is 14.2 Å². The fourth-order valence-corrected chi connectivity index (χ4v) is 6.28. The van der Waals surface area contributed by atoms with Crippen molar-refractivity contribution < 1.29 is 19.0 Å². The first-order chi connectivity index (χ1) is 19.5. The summed E-state index contributed by atoms with van der Waals surface area (Å²) in [5.74, 6) is 4.64. The highest BCUT2D eigenvalue weighted by Crippen LogP contribution is 2.43. The molecule has 2 aromatic carbocycles. The lowest BCUT2D eigenvalue weighted by molar-refractivity contribution is 0.0520. The van der Waals surface area contributed by atoms with E-state index in [1.807, 2.05) is 12.1 Å². The van der Waals surface area contributed by atoms with Crippen LogP contribution >= 0.6 is 0 Å². The summed E-state index contributed by atoms with van der Waals surface area (Å²) in [4.78, 5) is 12.0. The molecule has 1 aliphatic rings. The van der Waals surface area contributed by atoms with Gasteiger partial charge in [0, 0.05) is 5.56 Å². The third-order valence-electron chi connectivity index (χ3n) is 9.42. The third kappa shape index (κ3) is 9.79. The van der Waals surface area contributed by atoms with E-state index in [2.05, 4.69) is 54.5 Å². The molecule has 0 aromatic heterocycles. The van der Waals surface area contributed by atoms with Crippen molar-refractivity contribution in [3.05, 3.63) is 52.6 Å². The van der Waals surface area contributed by atoms with Gasteiger partial charge in [-0.25, -0.2) is 4.79 Å². The van der Waals surface area contributed by atoms with Gasteiger partial charge in [0.05, 0.1) is 12.7 Å². The van der Waals surface area contributed by atoms with Crippen LogP contribution in [0.2, 0.25) is 0 Å². The highest BCUT2D eigenvalue weighted by molar-refractivity contribution is 5.89. The standard InChI is InChI=1S/C37H56O4/c1-9-26(2)14-10-15-27(3)16-11-17-28(4)18-13-22-37(7)23-21-33-30(6)35(29(5)24-34(33)41-37)40-32-20-12-19-31(25-32)36(38)39-8/h12,19-20,24-28H,9-11,13-18,21-23H2,1-8H3. The summed E-state index contributed by atoms with van der Waals surface area (Å²) in [6.45, 7) is 16.0. The first-order valence-corrected chi connectivity index (χ1v) is 16.2. The van der Waals surface area contributed by atoms with E-state index in [0.29, 0.717) is 11.3 Å². The third-order valence-corrected chi connectivity index (χ3v) is 9.42. The van der Waals surface area contributed by atoms with Crippen molar-refractivity contribution in [2.24, 2.45) is 17.8 Å². The average molecular weight is 565 g/mol. The lowest BCUT2D eigenvalue weighted by Gasteiger charge is -2.37. The molecule has 0 radical (unpaired) electrons. The molecule has 228 valence electrons. The average Bonchev–Trinajstić information content (AvgIpc) is 2.94. The largest absolute Gasteiger partial charge is 0.487 e. The minimum Gasteiger partial charge on any atom is -0.487 e. The van der Waals surface area contributed by atoms with Gasteiger partial charge in [-0.1, -0.05) is 85.1 Å². The Bertz CT molecular complexity index is 1120. The molecule has 3 rings (SSSR count). The van der Waals surface area contributed by atoms with Crippen LogP contribution in [-0.4, -0.2) is 18.7 Å². The van der Waals surface area contributed by atoms with Crippen LogP contribution in [0.4, 0.5) is 0 Å². The number of fused-ring (bicyclic) bond motifs is 1. The maximum Gasteiger partial charge on any atom is 0.337 e. The van der Waals surface area contributed by atoms with Gasteiger partial charge in [0.25, 0.3) is 0 Å². The molecule has 0 aliphatic carbocycles. The molecular formula is C37H56O4. The number of carbonyl (C=O) groups excluding carboxylic acids is 1. The summed E-state index contributed by atoms with van der Waals surface area (Å²) in [5.41, 5.74) is 3.75. The Hall–Kier alpha value is -2.49. The fourth-order valence-electron chi connectivity index (χ4n) is 6.28. The van der Waals surface area contributed by atoms with Gasteiger partial charge in [-0.05, 0) is 99.6 Å². The summed E-state index contributed by atoms with van der Waals surface area (Å²) in [7, 11) is 1.39. The van der Waals surface area contributed by atoms with Crippen molar-refractivity contribution in [1.29, 1.82) is 0 Å². The van der Waals surface area contributed by atoms with E-state index in [-0.39, 0.29) is 11.6 Å². The number of rotatable bonds is 16. The Morgan fingerprint density at radius 2 is 1.59 bits per heavy atom. The van der Waals surface area contributed by atoms with Gasteiger partial charge < -0.3 is 14.2 Å². The zero-order valence-electron chi connectivity index (χ0n) is 27.2. The summed E-state index contributed by atoms with van der Waals surface area (Å²) >= 11 is 0. The second-order valence-electron chi connectivity index (χ2n) is 13.3. The molecule has 0 N–H and O–H groups in total. The zero-order valence-corrected chi connectivity index (χ0v) is 27.2. The minimum absolute atomic E-state index is 0.118. The topological polar surface area (TPSA) is 44.8 Å². The summed E-state index contributed by atoms with van der Waals surface area (Å²) in [6, 6.07) is 9.28. The van der Waals surface area contributed by atoms with Crippen molar-refractivity contribution in [3.8, 4) is 17.2 Å². The molecule has 1 heterocycles. The summed E-state index contributed by atoms with van der Waals surface area (Å²) < 4.78 is 17.9. The normalized spacial score (nSPS) is 18.6. The molecule has 0 amide bonds. The zero-order chi connectivity index (χ0) is 30.0. The van der Waals surface area contributed by atoms with Crippen molar-refractivity contribution in [2.45, 2.75) is 131 Å². The number of benzene rings is 2. The maximum absolute atomic E-state index is 12.0. The van der Waals surface area contributed by atoms with Gasteiger partial charge in [-0.15, -0.1) is 0 Å². The lowest BCUT2D eigenvalue weighted by atomic mass is 9.85. The van der Waals surface area contributed by atoms with E-state index in [9.17, 15) is 4.79 Å². The predicted octanol–water partition coefficient (Wildman–Crippen LogP) is 10.8. The van der Waals surface area contributed by atoms with E-state index < -0.39 is 0 Å². The molecule has 0 saturated heterocycles. The van der Waals surface area contributed by atoms with Gasteiger partial charge >= 0.3 is 5.97 Å². The minimum atomic E-state index is -0.367.